The second-order valence-corrected chi connectivity index (χ2v) is 5.25. The van der Waals surface area contributed by atoms with E-state index < -0.39 is 12.0 Å². The smallest absolute Gasteiger partial charge is 0.253 e. The summed E-state index contributed by atoms with van der Waals surface area (Å²) in [4.78, 5) is 11.9. The SMILES string of the molecule is Nc1c(Br)cccc1NC(=O)[C@@H](O)Cc1ccccc1. The molecule has 2 aromatic rings. The molecule has 1 amide bonds. The Morgan fingerprint density at radius 2 is 1.90 bits per heavy atom. The second-order valence-electron chi connectivity index (χ2n) is 4.40. The van der Waals surface area contributed by atoms with Gasteiger partial charge in [0.2, 0.25) is 0 Å². The minimum Gasteiger partial charge on any atom is -0.396 e. The summed E-state index contributed by atoms with van der Waals surface area (Å²) < 4.78 is 0.702. The minimum absolute atomic E-state index is 0.264. The molecule has 0 fully saturated rings. The molecule has 0 unspecified atom stereocenters. The summed E-state index contributed by atoms with van der Waals surface area (Å²) in [5.41, 5.74) is 7.66. The molecule has 104 valence electrons. The van der Waals surface area contributed by atoms with Crippen LogP contribution >= 0.6 is 15.9 Å². The van der Waals surface area contributed by atoms with Crippen molar-refractivity contribution in [2.75, 3.05) is 11.1 Å². The molecule has 0 aliphatic carbocycles. The van der Waals surface area contributed by atoms with Crippen LogP contribution in [0.25, 0.3) is 0 Å². The number of aliphatic hydroxyl groups is 1. The first-order valence-electron chi connectivity index (χ1n) is 6.15. The van der Waals surface area contributed by atoms with Crippen molar-refractivity contribution in [1.29, 1.82) is 0 Å². The fourth-order valence-corrected chi connectivity index (χ4v) is 2.16. The Bertz CT molecular complexity index is 602. The number of hydrogen-bond donors (Lipinski definition) is 3. The van der Waals surface area contributed by atoms with Crippen molar-refractivity contribution in [3.05, 3.63) is 58.6 Å². The number of rotatable bonds is 4. The van der Waals surface area contributed by atoms with E-state index in [0.717, 1.165) is 5.56 Å². The summed E-state index contributed by atoms with van der Waals surface area (Å²) in [6.45, 7) is 0. The molecule has 1 atom stereocenters. The molecular formula is C15H15BrN2O2. The highest BCUT2D eigenvalue weighted by molar-refractivity contribution is 9.10. The fraction of sp³-hybridized carbons (Fsp3) is 0.133. The Balaban J connectivity index is 2.03. The summed E-state index contributed by atoms with van der Waals surface area (Å²) in [6, 6.07) is 14.6. The van der Waals surface area contributed by atoms with Gasteiger partial charge in [-0.1, -0.05) is 36.4 Å². The summed E-state index contributed by atoms with van der Waals surface area (Å²) in [5.74, 6) is -0.473. The van der Waals surface area contributed by atoms with Crippen LogP contribution in [0.3, 0.4) is 0 Å². The summed E-state index contributed by atoms with van der Waals surface area (Å²) in [6.07, 6.45) is -0.851. The molecule has 4 nitrogen and oxygen atoms in total. The number of hydrogen-bond acceptors (Lipinski definition) is 3. The number of amides is 1. The quantitative estimate of drug-likeness (QED) is 0.752. The minimum atomic E-state index is -1.12. The maximum atomic E-state index is 11.9. The number of carbonyl (C=O) groups excluding carboxylic acids is 1. The third kappa shape index (κ3) is 3.59. The number of para-hydroxylation sites is 1. The topological polar surface area (TPSA) is 75.3 Å². The van der Waals surface area contributed by atoms with Gasteiger partial charge in [0.05, 0.1) is 11.4 Å². The van der Waals surface area contributed by atoms with Crippen molar-refractivity contribution in [2.45, 2.75) is 12.5 Å². The molecule has 20 heavy (non-hydrogen) atoms. The number of nitrogens with two attached hydrogens (primary N) is 1. The average molecular weight is 335 g/mol. The fourth-order valence-electron chi connectivity index (χ4n) is 1.79. The molecule has 4 N–H and O–H groups in total. The Labute approximate surface area is 125 Å². The lowest BCUT2D eigenvalue weighted by Crippen LogP contribution is -2.29. The van der Waals surface area contributed by atoms with Gasteiger partial charge in [-0.25, -0.2) is 0 Å². The Kier molecular flexibility index (Phi) is 4.76. The zero-order chi connectivity index (χ0) is 14.5. The lowest BCUT2D eigenvalue weighted by atomic mass is 10.1. The van der Waals surface area contributed by atoms with Crippen LogP contribution < -0.4 is 11.1 Å². The highest BCUT2D eigenvalue weighted by Crippen LogP contribution is 2.27. The van der Waals surface area contributed by atoms with Crippen molar-refractivity contribution in [1.82, 2.24) is 0 Å². The van der Waals surface area contributed by atoms with E-state index in [1.807, 2.05) is 30.3 Å². The average Bonchev–Trinajstić information content (AvgIpc) is 2.45. The second kappa shape index (κ2) is 6.54. The van der Waals surface area contributed by atoms with E-state index in [1.54, 1.807) is 18.2 Å². The van der Waals surface area contributed by atoms with E-state index in [9.17, 15) is 9.90 Å². The van der Waals surface area contributed by atoms with Crippen molar-refractivity contribution >= 4 is 33.2 Å². The van der Waals surface area contributed by atoms with E-state index in [2.05, 4.69) is 21.2 Å². The molecule has 0 aromatic heterocycles. The van der Waals surface area contributed by atoms with Crippen LogP contribution in [-0.2, 0) is 11.2 Å². The maximum Gasteiger partial charge on any atom is 0.253 e. The van der Waals surface area contributed by atoms with Crippen LogP contribution in [0.1, 0.15) is 5.56 Å². The van der Waals surface area contributed by atoms with E-state index >= 15 is 0 Å². The molecular weight excluding hydrogens is 320 g/mol. The first-order valence-corrected chi connectivity index (χ1v) is 6.94. The number of halogens is 1. The van der Waals surface area contributed by atoms with E-state index in [-0.39, 0.29) is 6.42 Å². The summed E-state index contributed by atoms with van der Waals surface area (Å²) in [7, 11) is 0. The zero-order valence-corrected chi connectivity index (χ0v) is 12.3. The van der Waals surface area contributed by atoms with Gasteiger partial charge in [0.15, 0.2) is 0 Å². The molecule has 0 aliphatic rings. The van der Waals surface area contributed by atoms with Gasteiger partial charge in [-0.2, -0.15) is 0 Å². The lowest BCUT2D eigenvalue weighted by Gasteiger charge is -2.13. The largest absolute Gasteiger partial charge is 0.396 e. The van der Waals surface area contributed by atoms with Crippen molar-refractivity contribution in [2.24, 2.45) is 0 Å². The van der Waals surface area contributed by atoms with E-state index in [1.165, 1.54) is 0 Å². The predicted octanol–water partition coefficient (Wildman–Crippen LogP) is 2.57. The van der Waals surface area contributed by atoms with Crippen molar-refractivity contribution in [3.63, 3.8) is 0 Å². The van der Waals surface area contributed by atoms with Crippen LogP contribution in [0.4, 0.5) is 11.4 Å². The van der Waals surface area contributed by atoms with Gasteiger partial charge in [0.25, 0.3) is 5.91 Å². The van der Waals surface area contributed by atoms with Crippen LogP contribution in [0.5, 0.6) is 0 Å². The lowest BCUT2D eigenvalue weighted by molar-refractivity contribution is -0.123. The first kappa shape index (κ1) is 14.6. The molecule has 2 aromatic carbocycles. The molecule has 5 heteroatoms. The number of benzene rings is 2. The number of nitrogen functional groups attached to an aromatic ring is 1. The monoisotopic (exact) mass is 334 g/mol. The van der Waals surface area contributed by atoms with Gasteiger partial charge in [-0.3, -0.25) is 4.79 Å². The van der Waals surface area contributed by atoms with Crippen LogP contribution in [0, 0.1) is 0 Å². The Morgan fingerprint density at radius 3 is 2.60 bits per heavy atom. The zero-order valence-electron chi connectivity index (χ0n) is 10.7. The number of carbonyl (C=O) groups is 1. The van der Waals surface area contributed by atoms with Crippen molar-refractivity contribution < 1.29 is 9.90 Å². The van der Waals surface area contributed by atoms with Crippen LogP contribution in [0.2, 0.25) is 0 Å². The van der Waals surface area contributed by atoms with Crippen LogP contribution in [0.15, 0.2) is 53.0 Å². The summed E-state index contributed by atoms with van der Waals surface area (Å²) >= 11 is 3.29. The molecule has 0 saturated carbocycles. The normalized spacial score (nSPS) is 11.9. The Hall–Kier alpha value is -1.85. The van der Waals surface area contributed by atoms with Gasteiger partial charge < -0.3 is 16.2 Å². The first-order chi connectivity index (χ1) is 9.58. The van der Waals surface area contributed by atoms with E-state index in [0.29, 0.717) is 15.8 Å². The predicted molar refractivity (Wildman–Crippen MR) is 83.3 cm³/mol. The van der Waals surface area contributed by atoms with Gasteiger partial charge >= 0.3 is 0 Å². The van der Waals surface area contributed by atoms with Gasteiger partial charge in [-0.15, -0.1) is 0 Å². The highest BCUT2D eigenvalue weighted by atomic mass is 79.9. The van der Waals surface area contributed by atoms with Crippen LogP contribution in [-0.4, -0.2) is 17.1 Å². The summed E-state index contributed by atoms with van der Waals surface area (Å²) in [5, 5.41) is 12.6. The molecule has 0 spiro atoms. The number of nitrogens with one attached hydrogen (secondary N) is 1. The number of aliphatic hydroxyl groups excluding tert-OH is 1. The maximum absolute atomic E-state index is 11.9. The molecule has 0 bridgehead atoms. The molecule has 2 rings (SSSR count). The third-order valence-corrected chi connectivity index (χ3v) is 3.58. The van der Waals surface area contributed by atoms with Gasteiger partial charge in [0.1, 0.15) is 6.10 Å². The van der Waals surface area contributed by atoms with Gasteiger partial charge in [-0.05, 0) is 33.6 Å². The molecule has 0 heterocycles. The molecule has 0 aliphatic heterocycles. The van der Waals surface area contributed by atoms with E-state index in [4.69, 9.17) is 5.73 Å². The highest BCUT2D eigenvalue weighted by Gasteiger charge is 2.17. The number of anilines is 2. The molecule has 0 radical (unpaired) electrons. The van der Waals surface area contributed by atoms with Crippen molar-refractivity contribution in [3.8, 4) is 0 Å². The molecule has 0 saturated heterocycles. The third-order valence-electron chi connectivity index (χ3n) is 2.89. The Morgan fingerprint density at radius 1 is 1.20 bits per heavy atom. The standard InChI is InChI=1S/C15H15BrN2O2/c16-11-7-4-8-12(14(11)17)18-15(20)13(19)9-10-5-2-1-3-6-10/h1-8,13,19H,9,17H2,(H,18,20)/t13-/m0/s1. The van der Waals surface area contributed by atoms with Gasteiger partial charge in [0, 0.05) is 10.9 Å².